The quantitative estimate of drug-likeness (QED) is 0.593. The third kappa shape index (κ3) is 2.59. The maximum atomic E-state index is 11.8. The molecule has 1 saturated carbocycles. The zero-order chi connectivity index (χ0) is 12.5. The first-order valence-electron chi connectivity index (χ1n) is 5.62. The van der Waals surface area contributed by atoms with Crippen LogP contribution in [-0.4, -0.2) is 30.6 Å². The first-order valence-corrected chi connectivity index (χ1v) is 6.41. The SMILES string of the molecule is COC(=O)[C@@H]1[C@@H](C)[C@H](OC)C[C@H]1C(C)(C)Br. The maximum absolute atomic E-state index is 11.8. The fourth-order valence-electron chi connectivity index (χ4n) is 2.74. The number of rotatable bonds is 3. The summed E-state index contributed by atoms with van der Waals surface area (Å²) in [5, 5.41) is 0. The molecule has 1 fully saturated rings. The Hall–Kier alpha value is -0.0900. The third-order valence-electron chi connectivity index (χ3n) is 3.73. The number of carbonyl (C=O) groups excluding carboxylic acids is 1. The van der Waals surface area contributed by atoms with Gasteiger partial charge in [-0.25, -0.2) is 0 Å². The molecule has 0 unspecified atom stereocenters. The highest BCUT2D eigenvalue weighted by atomic mass is 79.9. The summed E-state index contributed by atoms with van der Waals surface area (Å²) < 4.78 is 10.3. The Bertz CT molecular complexity index is 259. The van der Waals surface area contributed by atoms with Crippen molar-refractivity contribution in [1.82, 2.24) is 0 Å². The van der Waals surface area contributed by atoms with Gasteiger partial charge in [-0.2, -0.15) is 0 Å². The van der Waals surface area contributed by atoms with Crippen LogP contribution in [0.1, 0.15) is 27.2 Å². The summed E-state index contributed by atoms with van der Waals surface area (Å²) in [4.78, 5) is 11.8. The minimum absolute atomic E-state index is 0.0760. The van der Waals surface area contributed by atoms with E-state index < -0.39 is 0 Å². The highest BCUT2D eigenvalue weighted by Gasteiger charge is 2.50. The van der Waals surface area contributed by atoms with Gasteiger partial charge in [0.2, 0.25) is 0 Å². The van der Waals surface area contributed by atoms with Crippen molar-refractivity contribution in [3.63, 3.8) is 0 Å². The average molecular weight is 293 g/mol. The van der Waals surface area contributed by atoms with Crippen LogP contribution in [0.2, 0.25) is 0 Å². The molecule has 0 N–H and O–H groups in total. The van der Waals surface area contributed by atoms with Crippen LogP contribution in [0.5, 0.6) is 0 Å². The number of carbonyl (C=O) groups is 1. The van der Waals surface area contributed by atoms with E-state index in [4.69, 9.17) is 9.47 Å². The van der Waals surface area contributed by atoms with Gasteiger partial charge in [0.05, 0.1) is 19.1 Å². The molecule has 0 amide bonds. The van der Waals surface area contributed by atoms with Crippen molar-refractivity contribution in [3.05, 3.63) is 0 Å². The van der Waals surface area contributed by atoms with Crippen LogP contribution in [0, 0.1) is 17.8 Å². The first-order chi connectivity index (χ1) is 7.32. The summed E-state index contributed by atoms with van der Waals surface area (Å²) in [6.45, 7) is 6.26. The third-order valence-corrected chi connectivity index (χ3v) is 4.32. The van der Waals surface area contributed by atoms with Crippen molar-refractivity contribution in [1.29, 1.82) is 0 Å². The number of alkyl halides is 1. The van der Waals surface area contributed by atoms with E-state index in [1.807, 2.05) is 0 Å². The molecule has 1 rings (SSSR count). The lowest BCUT2D eigenvalue weighted by atomic mass is 9.83. The Morgan fingerprint density at radius 2 is 1.94 bits per heavy atom. The van der Waals surface area contributed by atoms with Crippen molar-refractivity contribution >= 4 is 21.9 Å². The van der Waals surface area contributed by atoms with Crippen LogP contribution in [0.25, 0.3) is 0 Å². The molecule has 16 heavy (non-hydrogen) atoms. The minimum Gasteiger partial charge on any atom is -0.469 e. The summed E-state index contributed by atoms with van der Waals surface area (Å²) in [6, 6.07) is 0. The monoisotopic (exact) mass is 292 g/mol. The number of halogens is 1. The topological polar surface area (TPSA) is 35.5 Å². The van der Waals surface area contributed by atoms with Crippen molar-refractivity contribution in [2.75, 3.05) is 14.2 Å². The second kappa shape index (κ2) is 5.05. The van der Waals surface area contributed by atoms with Gasteiger partial charge >= 0.3 is 5.97 Å². The van der Waals surface area contributed by atoms with Crippen molar-refractivity contribution in [2.45, 2.75) is 37.6 Å². The van der Waals surface area contributed by atoms with E-state index in [1.54, 1.807) is 7.11 Å². The molecule has 0 aromatic heterocycles. The Balaban J connectivity index is 2.94. The van der Waals surface area contributed by atoms with E-state index in [2.05, 4.69) is 36.7 Å². The molecule has 0 heterocycles. The summed E-state index contributed by atoms with van der Waals surface area (Å²) in [6.07, 6.45) is 1.04. The van der Waals surface area contributed by atoms with E-state index in [1.165, 1.54) is 7.11 Å². The second-order valence-electron chi connectivity index (χ2n) is 5.09. The van der Waals surface area contributed by atoms with Crippen LogP contribution in [-0.2, 0) is 14.3 Å². The van der Waals surface area contributed by atoms with Gasteiger partial charge in [-0.05, 0) is 32.1 Å². The van der Waals surface area contributed by atoms with Crippen LogP contribution in [0.4, 0.5) is 0 Å². The Morgan fingerprint density at radius 3 is 2.31 bits per heavy atom. The molecule has 1 aliphatic carbocycles. The van der Waals surface area contributed by atoms with Gasteiger partial charge in [-0.1, -0.05) is 22.9 Å². The Kier molecular flexibility index (Phi) is 4.41. The first kappa shape index (κ1) is 14.0. The van der Waals surface area contributed by atoms with Crippen LogP contribution < -0.4 is 0 Å². The predicted molar refractivity (Wildman–Crippen MR) is 66.6 cm³/mol. The van der Waals surface area contributed by atoms with Gasteiger partial charge < -0.3 is 9.47 Å². The molecular formula is C12H21BrO3. The molecule has 0 spiro atoms. The van der Waals surface area contributed by atoms with Gasteiger partial charge in [0.25, 0.3) is 0 Å². The highest BCUT2D eigenvalue weighted by Crippen LogP contribution is 2.47. The lowest BCUT2D eigenvalue weighted by Gasteiger charge is -2.29. The maximum Gasteiger partial charge on any atom is 0.309 e. The van der Waals surface area contributed by atoms with E-state index in [0.717, 1.165) is 6.42 Å². The molecule has 0 aromatic rings. The Labute approximate surface area is 106 Å². The van der Waals surface area contributed by atoms with Crippen LogP contribution in [0.15, 0.2) is 0 Å². The fourth-order valence-corrected chi connectivity index (χ4v) is 3.21. The molecule has 0 aromatic carbocycles. The molecule has 0 bridgehead atoms. The number of esters is 1. The molecule has 0 saturated heterocycles. The van der Waals surface area contributed by atoms with E-state index in [-0.39, 0.29) is 34.2 Å². The zero-order valence-electron chi connectivity index (χ0n) is 10.6. The van der Waals surface area contributed by atoms with Crippen molar-refractivity contribution < 1.29 is 14.3 Å². The summed E-state index contributed by atoms with van der Waals surface area (Å²) >= 11 is 3.66. The summed E-state index contributed by atoms with van der Waals surface area (Å²) in [5.74, 6) is 0.257. The van der Waals surface area contributed by atoms with E-state index >= 15 is 0 Å². The minimum atomic E-state index is -0.121. The van der Waals surface area contributed by atoms with E-state index in [9.17, 15) is 4.79 Å². The molecule has 3 nitrogen and oxygen atoms in total. The average Bonchev–Trinajstić information content (AvgIpc) is 2.54. The number of hydrogen-bond acceptors (Lipinski definition) is 3. The van der Waals surface area contributed by atoms with Gasteiger partial charge in [0, 0.05) is 11.4 Å². The fraction of sp³-hybridized carbons (Fsp3) is 0.917. The lowest BCUT2D eigenvalue weighted by molar-refractivity contribution is -0.149. The smallest absolute Gasteiger partial charge is 0.309 e. The standard InChI is InChI=1S/C12H21BrO3/c1-7-9(15-4)6-8(12(2,3)13)10(7)11(14)16-5/h7-10H,6H2,1-5H3/t7-,8+,9+,10+/m0/s1. The van der Waals surface area contributed by atoms with Gasteiger partial charge in [-0.15, -0.1) is 0 Å². The van der Waals surface area contributed by atoms with Gasteiger partial charge in [0.1, 0.15) is 0 Å². The largest absolute Gasteiger partial charge is 0.469 e. The summed E-state index contributed by atoms with van der Waals surface area (Å²) in [7, 11) is 3.16. The number of ether oxygens (including phenoxy) is 2. The van der Waals surface area contributed by atoms with Gasteiger partial charge in [0.15, 0.2) is 0 Å². The summed E-state index contributed by atoms with van der Waals surface area (Å²) in [5.41, 5.74) is 0. The highest BCUT2D eigenvalue weighted by molar-refractivity contribution is 9.10. The predicted octanol–water partition coefficient (Wildman–Crippen LogP) is 2.62. The molecule has 0 radical (unpaired) electrons. The van der Waals surface area contributed by atoms with Crippen molar-refractivity contribution in [2.24, 2.45) is 17.8 Å². The molecule has 4 atom stereocenters. The second-order valence-corrected chi connectivity index (χ2v) is 7.13. The number of methoxy groups -OCH3 is 2. The van der Waals surface area contributed by atoms with Crippen LogP contribution in [0.3, 0.4) is 0 Å². The van der Waals surface area contributed by atoms with Gasteiger partial charge in [-0.3, -0.25) is 4.79 Å². The normalized spacial score (nSPS) is 35.1. The molecule has 0 aliphatic heterocycles. The molecule has 1 aliphatic rings. The lowest BCUT2D eigenvalue weighted by Crippen LogP contribution is -2.34. The molecular weight excluding hydrogens is 272 g/mol. The van der Waals surface area contributed by atoms with E-state index in [0.29, 0.717) is 0 Å². The molecule has 4 heteroatoms. The van der Waals surface area contributed by atoms with Crippen LogP contribution >= 0.6 is 15.9 Å². The Morgan fingerprint density at radius 1 is 1.38 bits per heavy atom. The zero-order valence-corrected chi connectivity index (χ0v) is 12.2. The van der Waals surface area contributed by atoms with Crippen molar-refractivity contribution in [3.8, 4) is 0 Å². The molecule has 94 valence electrons. The number of hydrogen-bond donors (Lipinski definition) is 0.